The Morgan fingerprint density at radius 2 is 1.83 bits per heavy atom. The van der Waals surface area contributed by atoms with Crippen LogP contribution in [0.1, 0.15) is 13.8 Å². The van der Waals surface area contributed by atoms with Gasteiger partial charge in [0, 0.05) is 37.2 Å². The second kappa shape index (κ2) is 7.53. The van der Waals surface area contributed by atoms with Crippen molar-refractivity contribution in [2.75, 3.05) is 26.2 Å². The Balaban J connectivity index is 2.10. The van der Waals surface area contributed by atoms with E-state index in [4.69, 9.17) is 35.4 Å². The maximum absolute atomic E-state index is 12.7. The van der Waals surface area contributed by atoms with Gasteiger partial charge >= 0.3 is 0 Å². The second-order valence-electron chi connectivity index (χ2n) is 5.57. The zero-order valence-electron chi connectivity index (χ0n) is 12.9. The average molecular weight is 396 g/mol. The number of hydrogen-bond acceptors (Lipinski definition) is 3. The molecule has 1 saturated heterocycles. The first-order chi connectivity index (χ1) is 10.7. The topological polar surface area (TPSA) is 52.6 Å². The summed E-state index contributed by atoms with van der Waals surface area (Å²) in [5.74, 6) is 0. The predicted molar refractivity (Wildman–Crippen MR) is 97.7 cm³/mol. The van der Waals surface area contributed by atoms with Crippen LogP contribution >= 0.6 is 35.4 Å². The number of thiocarbonyl (C=S) groups is 1. The lowest BCUT2D eigenvalue weighted by Crippen LogP contribution is -2.53. The molecular weight excluding hydrogens is 377 g/mol. The molecule has 1 fully saturated rings. The van der Waals surface area contributed by atoms with Gasteiger partial charge in [0.05, 0.1) is 5.02 Å². The molecule has 0 aromatic heterocycles. The number of rotatable bonds is 3. The van der Waals surface area contributed by atoms with Gasteiger partial charge in [0.2, 0.25) is 10.0 Å². The molecule has 9 heteroatoms. The number of halogens is 2. The fraction of sp³-hybridized carbons (Fsp3) is 0.500. The summed E-state index contributed by atoms with van der Waals surface area (Å²) >= 11 is 17.3. The van der Waals surface area contributed by atoms with E-state index in [1.165, 1.54) is 16.4 Å². The summed E-state index contributed by atoms with van der Waals surface area (Å²) in [4.78, 5) is 2.02. The molecule has 23 heavy (non-hydrogen) atoms. The minimum atomic E-state index is -3.66. The molecule has 128 valence electrons. The second-order valence-corrected chi connectivity index (χ2v) is 8.71. The standard InChI is InChI=1S/C14H19Cl2N3O2S2/c1-10(2)17-14(22)18-5-7-19(8-6-18)23(20,21)13-9-11(15)3-4-12(13)16/h3-4,9-10H,5-8H2,1-2H3,(H,17,22). The lowest BCUT2D eigenvalue weighted by atomic mass is 10.3. The molecule has 2 rings (SSSR count). The van der Waals surface area contributed by atoms with Crippen molar-refractivity contribution < 1.29 is 8.42 Å². The van der Waals surface area contributed by atoms with E-state index < -0.39 is 10.0 Å². The first-order valence-corrected chi connectivity index (χ1v) is 9.83. The van der Waals surface area contributed by atoms with Crippen LogP contribution < -0.4 is 5.32 Å². The lowest BCUT2D eigenvalue weighted by molar-refractivity contribution is 0.263. The van der Waals surface area contributed by atoms with Crippen molar-refractivity contribution in [3.8, 4) is 0 Å². The molecule has 1 N–H and O–H groups in total. The molecule has 0 aliphatic carbocycles. The largest absolute Gasteiger partial charge is 0.360 e. The summed E-state index contributed by atoms with van der Waals surface area (Å²) in [5, 5.41) is 4.33. The summed E-state index contributed by atoms with van der Waals surface area (Å²) in [7, 11) is -3.66. The van der Waals surface area contributed by atoms with Gasteiger partial charge in [-0.3, -0.25) is 0 Å². The molecule has 0 bridgehead atoms. The van der Waals surface area contributed by atoms with Crippen molar-refractivity contribution >= 4 is 50.6 Å². The van der Waals surface area contributed by atoms with Crippen LogP contribution in [0.3, 0.4) is 0 Å². The molecular formula is C14H19Cl2N3O2S2. The predicted octanol–water partition coefficient (Wildman–Crippen LogP) is 2.58. The molecule has 1 aliphatic heterocycles. The molecule has 0 radical (unpaired) electrons. The van der Waals surface area contributed by atoms with Gasteiger partial charge in [0.1, 0.15) is 4.90 Å². The molecule has 0 spiro atoms. The van der Waals surface area contributed by atoms with Crippen molar-refractivity contribution in [3.63, 3.8) is 0 Å². The van der Waals surface area contributed by atoms with Crippen molar-refractivity contribution in [2.24, 2.45) is 0 Å². The van der Waals surface area contributed by atoms with Crippen LogP contribution in [-0.2, 0) is 10.0 Å². The number of hydrogen-bond donors (Lipinski definition) is 1. The molecule has 0 saturated carbocycles. The minimum absolute atomic E-state index is 0.0444. The maximum Gasteiger partial charge on any atom is 0.244 e. The highest BCUT2D eigenvalue weighted by Gasteiger charge is 2.31. The highest BCUT2D eigenvalue weighted by molar-refractivity contribution is 7.89. The van der Waals surface area contributed by atoms with E-state index in [2.05, 4.69) is 5.32 Å². The Labute approximate surface area is 152 Å². The van der Waals surface area contributed by atoms with Crippen LogP contribution in [0, 0.1) is 0 Å². The Kier molecular flexibility index (Phi) is 6.13. The van der Waals surface area contributed by atoms with Crippen LogP contribution in [0.2, 0.25) is 10.0 Å². The van der Waals surface area contributed by atoms with Crippen LogP contribution in [-0.4, -0.2) is 55.0 Å². The third kappa shape index (κ3) is 4.48. The molecule has 5 nitrogen and oxygen atoms in total. The van der Waals surface area contributed by atoms with E-state index in [0.29, 0.717) is 36.3 Å². The Morgan fingerprint density at radius 1 is 1.22 bits per heavy atom. The summed E-state index contributed by atoms with van der Waals surface area (Å²) in [5.41, 5.74) is 0. The van der Waals surface area contributed by atoms with Gasteiger partial charge in [0.15, 0.2) is 5.11 Å². The minimum Gasteiger partial charge on any atom is -0.360 e. The smallest absolute Gasteiger partial charge is 0.244 e. The fourth-order valence-corrected chi connectivity index (χ4v) is 4.86. The van der Waals surface area contributed by atoms with Crippen molar-refractivity contribution in [3.05, 3.63) is 28.2 Å². The maximum atomic E-state index is 12.7. The lowest BCUT2D eigenvalue weighted by Gasteiger charge is -2.36. The number of nitrogens with one attached hydrogen (secondary N) is 1. The van der Waals surface area contributed by atoms with Gasteiger partial charge in [-0.2, -0.15) is 4.31 Å². The third-order valence-corrected chi connectivity index (χ3v) is 6.44. The Bertz CT molecular complexity index is 687. The number of sulfonamides is 1. The highest BCUT2D eigenvalue weighted by atomic mass is 35.5. The molecule has 1 aromatic rings. The SMILES string of the molecule is CC(C)NC(=S)N1CCN(S(=O)(=O)c2cc(Cl)ccc2Cl)CC1. The number of piperazine rings is 1. The van der Waals surface area contributed by atoms with Crippen LogP contribution in [0.15, 0.2) is 23.1 Å². The first-order valence-electron chi connectivity index (χ1n) is 7.22. The zero-order chi connectivity index (χ0) is 17.2. The van der Waals surface area contributed by atoms with E-state index in [1.807, 2.05) is 18.7 Å². The van der Waals surface area contributed by atoms with Crippen LogP contribution in [0.5, 0.6) is 0 Å². The van der Waals surface area contributed by atoms with E-state index >= 15 is 0 Å². The van der Waals surface area contributed by atoms with E-state index in [0.717, 1.165) is 0 Å². The van der Waals surface area contributed by atoms with E-state index in [9.17, 15) is 8.42 Å². The molecule has 0 unspecified atom stereocenters. The number of benzene rings is 1. The average Bonchev–Trinajstić information content (AvgIpc) is 2.49. The Morgan fingerprint density at radius 3 is 2.39 bits per heavy atom. The molecule has 1 aliphatic rings. The summed E-state index contributed by atoms with van der Waals surface area (Å²) in [6.07, 6.45) is 0. The molecule has 1 heterocycles. The van der Waals surface area contributed by atoms with E-state index in [1.54, 1.807) is 6.07 Å². The highest BCUT2D eigenvalue weighted by Crippen LogP contribution is 2.28. The summed E-state index contributed by atoms with van der Waals surface area (Å²) in [6.45, 7) is 5.80. The first kappa shape index (κ1) is 18.7. The number of nitrogens with zero attached hydrogens (tertiary/aromatic N) is 2. The summed E-state index contributed by atoms with van der Waals surface area (Å²) < 4.78 is 26.9. The quantitative estimate of drug-likeness (QED) is 0.796. The van der Waals surface area contributed by atoms with Crippen molar-refractivity contribution in [1.29, 1.82) is 0 Å². The monoisotopic (exact) mass is 395 g/mol. The normalized spacial score (nSPS) is 16.7. The van der Waals surface area contributed by atoms with Crippen LogP contribution in [0.25, 0.3) is 0 Å². The molecule has 1 aromatic carbocycles. The van der Waals surface area contributed by atoms with Gasteiger partial charge in [-0.25, -0.2) is 8.42 Å². The van der Waals surface area contributed by atoms with E-state index in [-0.39, 0.29) is 16.0 Å². The third-order valence-electron chi connectivity index (χ3n) is 3.45. The van der Waals surface area contributed by atoms with Gasteiger partial charge in [-0.15, -0.1) is 0 Å². The van der Waals surface area contributed by atoms with Gasteiger partial charge in [-0.1, -0.05) is 23.2 Å². The van der Waals surface area contributed by atoms with Crippen LogP contribution in [0.4, 0.5) is 0 Å². The van der Waals surface area contributed by atoms with Crippen molar-refractivity contribution in [2.45, 2.75) is 24.8 Å². The zero-order valence-corrected chi connectivity index (χ0v) is 16.1. The van der Waals surface area contributed by atoms with Crippen molar-refractivity contribution in [1.82, 2.24) is 14.5 Å². The van der Waals surface area contributed by atoms with Gasteiger partial charge in [0.25, 0.3) is 0 Å². The Hall–Kier alpha value is -0.600. The molecule has 0 amide bonds. The van der Waals surface area contributed by atoms with Gasteiger partial charge < -0.3 is 10.2 Å². The fourth-order valence-electron chi connectivity index (χ4n) is 2.28. The summed E-state index contributed by atoms with van der Waals surface area (Å²) in [6, 6.07) is 4.69. The van der Waals surface area contributed by atoms with Gasteiger partial charge in [-0.05, 0) is 44.3 Å². The molecule has 0 atom stereocenters.